The Balaban J connectivity index is 1.29. The molecule has 1 unspecified atom stereocenters. The van der Waals surface area contributed by atoms with Gasteiger partial charge in [-0.15, -0.1) is 0 Å². The predicted molar refractivity (Wildman–Crippen MR) is 176 cm³/mol. The third kappa shape index (κ3) is 5.94. The Morgan fingerprint density at radius 2 is 1.83 bits per heavy atom. The number of Topliss-reactive ketones (excluding diaryl/α,β-unsaturated/α-hetero) is 1. The van der Waals surface area contributed by atoms with Gasteiger partial charge in [-0.2, -0.15) is 0 Å². The number of benzene rings is 1. The monoisotopic (exact) mass is 646 g/mol. The Hall–Kier alpha value is -3.43. The van der Waals surface area contributed by atoms with Crippen LogP contribution in [0.4, 0.5) is 4.79 Å². The van der Waals surface area contributed by atoms with Crippen LogP contribution in [-0.4, -0.2) is 70.6 Å². The number of carbonyl (C=O) groups excluding carboxylic acids is 3. The summed E-state index contributed by atoms with van der Waals surface area (Å²) in [5.74, 6) is 2.16. The molecule has 47 heavy (non-hydrogen) atoms. The molecule has 5 aliphatic rings. The fourth-order valence-corrected chi connectivity index (χ4v) is 9.01. The highest BCUT2D eigenvalue weighted by molar-refractivity contribution is 5.92. The van der Waals surface area contributed by atoms with E-state index in [1.54, 1.807) is 12.0 Å². The lowest BCUT2D eigenvalue weighted by Crippen LogP contribution is -2.57. The van der Waals surface area contributed by atoms with E-state index in [-0.39, 0.29) is 35.7 Å². The molecule has 1 aromatic heterocycles. The molecule has 7 rings (SSSR count). The number of rotatable bonds is 3. The van der Waals surface area contributed by atoms with Crippen LogP contribution in [0.5, 0.6) is 11.6 Å². The highest BCUT2D eigenvalue weighted by atomic mass is 16.6. The van der Waals surface area contributed by atoms with Gasteiger partial charge in [0.25, 0.3) is 0 Å². The van der Waals surface area contributed by atoms with Crippen LogP contribution in [0.15, 0.2) is 18.2 Å². The number of carbonyl (C=O) groups is 3. The molecular formula is C37H50N4O6. The van der Waals surface area contributed by atoms with Gasteiger partial charge in [0.05, 0.1) is 30.7 Å². The number of alkyl carbamates (subject to hydrolysis) is 1. The van der Waals surface area contributed by atoms with Gasteiger partial charge in [0.2, 0.25) is 11.8 Å². The van der Waals surface area contributed by atoms with E-state index in [2.05, 4.69) is 5.32 Å². The van der Waals surface area contributed by atoms with Crippen molar-refractivity contribution in [2.45, 2.75) is 122 Å². The van der Waals surface area contributed by atoms with E-state index in [0.29, 0.717) is 41.3 Å². The molecule has 8 atom stereocenters. The van der Waals surface area contributed by atoms with Crippen molar-refractivity contribution < 1.29 is 28.6 Å². The number of fused-ring (bicyclic) bond motifs is 8. The van der Waals surface area contributed by atoms with Gasteiger partial charge in [0, 0.05) is 17.4 Å². The van der Waals surface area contributed by atoms with Crippen LogP contribution in [-0.2, 0) is 19.7 Å². The van der Waals surface area contributed by atoms with E-state index in [4.69, 9.17) is 24.2 Å². The second-order valence-electron chi connectivity index (χ2n) is 16.0. The summed E-state index contributed by atoms with van der Waals surface area (Å²) in [4.78, 5) is 53.1. The van der Waals surface area contributed by atoms with Gasteiger partial charge in [-0.1, -0.05) is 40.5 Å². The Labute approximate surface area is 277 Å². The molecule has 2 bridgehead atoms. The van der Waals surface area contributed by atoms with E-state index in [1.807, 2.05) is 45.9 Å². The Morgan fingerprint density at radius 1 is 1.04 bits per heavy atom. The van der Waals surface area contributed by atoms with Gasteiger partial charge in [-0.25, -0.2) is 14.8 Å². The molecule has 3 aliphatic carbocycles. The van der Waals surface area contributed by atoms with Crippen molar-refractivity contribution in [1.82, 2.24) is 20.2 Å². The maximum absolute atomic E-state index is 14.5. The number of aromatic nitrogens is 2. The zero-order valence-corrected chi connectivity index (χ0v) is 28.7. The van der Waals surface area contributed by atoms with Crippen LogP contribution in [0.3, 0.4) is 0 Å². The molecule has 1 N–H and O–H groups in total. The fourth-order valence-electron chi connectivity index (χ4n) is 9.01. The van der Waals surface area contributed by atoms with Crippen molar-refractivity contribution in [1.29, 1.82) is 0 Å². The first-order valence-corrected chi connectivity index (χ1v) is 17.7. The lowest BCUT2D eigenvalue weighted by atomic mass is 9.85. The zero-order chi connectivity index (χ0) is 33.2. The van der Waals surface area contributed by atoms with Gasteiger partial charge in [0.15, 0.2) is 5.78 Å². The number of methoxy groups -OCH3 is 1. The van der Waals surface area contributed by atoms with E-state index in [1.165, 1.54) is 13.3 Å². The maximum Gasteiger partial charge on any atom is 0.408 e. The largest absolute Gasteiger partial charge is 0.497 e. The first-order valence-electron chi connectivity index (χ1n) is 17.7. The first-order chi connectivity index (χ1) is 22.4. The Kier molecular flexibility index (Phi) is 8.15. The van der Waals surface area contributed by atoms with Gasteiger partial charge >= 0.3 is 6.09 Å². The standard InChI is InChI=1S/C37H50N4O6/c1-7-23-29-19-41(30(23)20(2)42)34(43)32(36(3,4)5)40-35(44)47-28-17-21-16-25(21)24(28)10-8-9-13-37(14-15-37)31-33(46-29)39-27-18-22(45-6)11-12-26(27)38-31/h11-12,18,21,23-25,28-30,32H,7-10,13-17,19H2,1-6H3,(H,40,44)/t21?,23-,24-,25+,28-,29+,30-,32-/m1/s1. The molecule has 0 radical (unpaired) electrons. The summed E-state index contributed by atoms with van der Waals surface area (Å²) in [6, 6.07) is 4.18. The zero-order valence-electron chi connectivity index (χ0n) is 28.7. The fraction of sp³-hybridized carbons (Fsp3) is 0.703. The summed E-state index contributed by atoms with van der Waals surface area (Å²) >= 11 is 0. The molecule has 4 fully saturated rings. The number of nitrogens with zero attached hydrogens (tertiary/aromatic N) is 3. The van der Waals surface area contributed by atoms with Crippen LogP contribution in [0.25, 0.3) is 11.0 Å². The van der Waals surface area contributed by atoms with E-state index < -0.39 is 29.7 Å². The van der Waals surface area contributed by atoms with Crippen molar-refractivity contribution in [2.75, 3.05) is 13.7 Å². The van der Waals surface area contributed by atoms with Crippen LogP contribution >= 0.6 is 0 Å². The van der Waals surface area contributed by atoms with Crippen LogP contribution < -0.4 is 14.8 Å². The lowest BCUT2D eigenvalue weighted by molar-refractivity contribution is -0.141. The molecule has 254 valence electrons. The number of ether oxygens (including phenoxy) is 3. The van der Waals surface area contributed by atoms with Crippen molar-refractivity contribution in [2.24, 2.45) is 29.1 Å². The SMILES string of the molecule is CC[C@@H]1[C@@H]2CN(C(=O)[C@H](C(C)(C)C)NC(=O)O[C@@H]3CC4C[C@@H]4[C@H]3CCCCC3(CC3)c3nc4ccc(OC)cc4nc3O2)[C@@H]1C(C)=O. The highest BCUT2D eigenvalue weighted by Gasteiger charge is 2.56. The average Bonchev–Trinajstić information content (AvgIpc) is 3.92. The molecule has 3 heterocycles. The number of hydrogen-bond donors (Lipinski definition) is 1. The lowest BCUT2D eigenvalue weighted by Gasteiger charge is -2.36. The van der Waals surface area contributed by atoms with Crippen molar-refractivity contribution >= 4 is 28.8 Å². The minimum atomic E-state index is -0.875. The molecule has 2 aromatic rings. The molecule has 1 saturated heterocycles. The second kappa shape index (κ2) is 11.9. The Morgan fingerprint density at radius 3 is 2.51 bits per heavy atom. The minimum absolute atomic E-state index is 0.0985. The molecule has 10 heteroatoms. The number of amides is 2. The van der Waals surface area contributed by atoms with Crippen LogP contribution in [0.1, 0.15) is 98.1 Å². The Bertz CT molecular complexity index is 1570. The smallest absolute Gasteiger partial charge is 0.408 e. The molecule has 2 amide bonds. The maximum atomic E-state index is 14.5. The van der Waals surface area contributed by atoms with E-state index in [0.717, 1.165) is 56.2 Å². The number of hydrogen-bond acceptors (Lipinski definition) is 8. The molecular weight excluding hydrogens is 596 g/mol. The van der Waals surface area contributed by atoms with Crippen LogP contribution in [0, 0.1) is 29.1 Å². The van der Waals surface area contributed by atoms with E-state index >= 15 is 0 Å². The summed E-state index contributed by atoms with van der Waals surface area (Å²) in [7, 11) is 1.63. The molecule has 2 aliphatic heterocycles. The van der Waals surface area contributed by atoms with E-state index in [9.17, 15) is 14.4 Å². The minimum Gasteiger partial charge on any atom is -0.497 e. The van der Waals surface area contributed by atoms with Crippen LogP contribution in [0.2, 0.25) is 0 Å². The van der Waals surface area contributed by atoms with Crippen molar-refractivity contribution in [3.05, 3.63) is 23.9 Å². The first kappa shape index (κ1) is 32.1. The van der Waals surface area contributed by atoms with Crippen molar-refractivity contribution in [3.8, 4) is 11.6 Å². The van der Waals surface area contributed by atoms with Gasteiger partial charge in [0.1, 0.15) is 29.7 Å². The molecule has 10 nitrogen and oxygen atoms in total. The topological polar surface area (TPSA) is 120 Å². The molecule has 1 spiro atoms. The highest BCUT2D eigenvalue weighted by Crippen LogP contribution is 2.58. The van der Waals surface area contributed by atoms with Gasteiger partial charge in [-0.3, -0.25) is 9.59 Å². The number of nitrogens with one attached hydrogen (secondary N) is 1. The quantitative estimate of drug-likeness (QED) is 0.433. The summed E-state index contributed by atoms with van der Waals surface area (Å²) in [6.45, 7) is 9.57. The number of ketones is 1. The normalized spacial score (nSPS) is 33.4. The molecule has 1 aromatic carbocycles. The summed E-state index contributed by atoms with van der Waals surface area (Å²) < 4.78 is 18.5. The van der Waals surface area contributed by atoms with Crippen molar-refractivity contribution in [3.63, 3.8) is 0 Å². The van der Waals surface area contributed by atoms with Gasteiger partial charge in [-0.05, 0) is 87.2 Å². The summed E-state index contributed by atoms with van der Waals surface area (Å²) in [6.07, 6.45) is 7.79. The second-order valence-corrected chi connectivity index (χ2v) is 16.0. The third-order valence-corrected chi connectivity index (χ3v) is 11.8. The summed E-state index contributed by atoms with van der Waals surface area (Å²) in [5, 5.41) is 2.96. The molecule has 3 saturated carbocycles. The third-order valence-electron chi connectivity index (χ3n) is 11.8. The average molecular weight is 647 g/mol. The summed E-state index contributed by atoms with van der Waals surface area (Å²) in [5.41, 5.74) is 1.64. The predicted octanol–water partition coefficient (Wildman–Crippen LogP) is 5.98. The van der Waals surface area contributed by atoms with Gasteiger partial charge < -0.3 is 24.4 Å².